The predicted octanol–water partition coefficient (Wildman–Crippen LogP) is 4.04. The number of hydrogen-bond donors (Lipinski definition) is 0. The van der Waals surface area contributed by atoms with Gasteiger partial charge in [-0.15, -0.1) is 11.8 Å². The first-order valence-electron chi connectivity index (χ1n) is 3.78. The summed E-state index contributed by atoms with van der Waals surface area (Å²) in [5.74, 6) is 0. The molecule has 1 aromatic rings. The molecular formula is C9H8Br2S. The second-order valence-corrected chi connectivity index (χ2v) is 8.06. The van der Waals surface area contributed by atoms with Crippen LogP contribution in [0.1, 0.15) is 6.42 Å². The van der Waals surface area contributed by atoms with Crippen LogP contribution < -0.4 is 0 Å². The van der Waals surface area contributed by atoms with Gasteiger partial charge in [-0.3, -0.25) is 0 Å². The summed E-state index contributed by atoms with van der Waals surface area (Å²) >= 11 is 9.13. The molecule has 0 spiro atoms. The second kappa shape index (κ2) is 3.35. The van der Waals surface area contributed by atoms with E-state index in [1.54, 1.807) is 0 Å². The average Bonchev–Trinajstić information content (AvgIpc) is 2.61. The van der Waals surface area contributed by atoms with Crippen molar-refractivity contribution in [1.82, 2.24) is 0 Å². The molecular weight excluding hydrogens is 300 g/mol. The lowest BCUT2D eigenvalue weighted by molar-refractivity contribution is 1.42. The fourth-order valence-electron chi connectivity index (χ4n) is 0.979. The van der Waals surface area contributed by atoms with Crippen molar-refractivity contribution in [2.75, 3.05) is 0 Å². The Morgan fingerprint density at radius 2 is 1.83 bits per heavy atom. The number of benzene rings is 1. The van der Waals surface area contributed by atoms with E-state index in [1.165, 1.54) is 11.3 Å². The molecule has 1 aliphatic carbocycles. The van der Waals surface area contributed by atoms with Crippen molar-refractivity contribution in [3.8, 4) is 0 Å². The van der Waals surface area contributed by atoms with Gasteiger partial charge in [0.05, 0.1) is 3.23 Å². The zero-order valence-electron chi connectivity index (χ0n) is 6.34. The fraction of sp³-hybridized carbons (Fsp3) is 0.333. The van der Waals surface area contributed by atoms with Gasteiger partial charge in [-0.05, 0) is 18.6 Å². The fourth-order valence-corrected chi connectivity index (χ4v) is 3.78. The summed E-state index contributed by atoms with van der Waals surface area (Å²) in [4.78, 5) is 1.35. The van der Waals surface area contributed by atoms with Gasteiger partial charge in [0.1, 0.15) is 0 Å². The lowest BCUT2D eigenvalue weighted by Gasteiger charge is -1.99. The Morgan fingerprint density at radius 1 is 1.25 bits per heavy atom. The maximum absolute atomic E-state index is 3.61. The minimum atomic E-state index is 0.209. The molecule has 12 heavy (non-hydrogen) atoms. The lowest BCUT2D eigenvalue weighted by atomic mass is 10.4. The Kier molecular flexibility index (Phi) is 2.54. The van der Waals surface area contributed by atoms with E-state index in [1.807, 2.05) is 17.8 Å². The van der Waals surface area contributed by atoms with Crippen LogP contribution in [-0.4, -0.2) is 8.48 Å². The molecule has 2 rings (SSSR count). The monoisotopic (exact) mass is 306 g/mol. The van der Waals surface area contributed by atoms with Crippen molar-refractivity contribution in [3.05, 3.63) is 30.3 Å². The van der Waals surface area contributed by atoms with Crippen molar-refractivity contribution in [1.29, 1.82) is 0 Å². The minimum absolute atomic E-state index is 0.209. The van der Waals surface area contributed by atoms with Crippen LogP contribution in [0.15, 0.2) is 35.2 Å². The molecule has 0 heterocycles. The van der Waals surface area contributed by atoms with Crippen LogP contribution >= 0.6 is 43.6 Å². The molecule has 3 heteroatoms. The Labute approximate surface area is 93.4 Å². The van der Waals surface area contributed by atoms with Crippen LogP contribution in [0.3, 0.4) is 0 Å². The highest BCUT2D eigenvalue weighted by Gasteiger charge is 2.50. The van der Waals surface area contributed by atoms with Crippen LogP contribution in [0, 0.1) is 0 Å². The van der Waals surface area contributed by atoms with Gasteiger partial charge in [0.2, 0.25) is 0 Å². The molecule has 1 aliphatic rings. The molecule has 0 radical (unpaired) electrons. The van der Waals surface area contributed by atoms with Gasteiger partial charge in [0.25, 0.3) is 0 Å². The topological polar surface area (TPSA) is 0 Å². The highest BCUT2D eigenvalue weighted by molar-refractivity contribution is 9.25. The maximum Gasteiger partial charge on any atom is 0.0939 e. The van der Waals surface area contributed by atoms with E-state index in [-0.39, 0.29) is 3.23 Å². The molecule has 1 aromatic carbocycles. The first-order valence-corrected chi connectivity index (χ1v) is 6.24. The maximum atomic E-state index is 3.61. The first-order chi connectivity index (χ1) is 5.68. The molecule has 0 saturated heterocycles. The van der Waals surface area contributed by atoms with E-state index in [2.05, 4.69) is 56.1 Å². The van der Waals surface area contributed by atoms with E-state index >= 15 is 0 Å². The number of halogens is 2. The van der Waals surface area contributed by atoms with Crippen LogP contribution in [0.5, 0.6) is 0 Å². The van der Waals surface area contributed by atoms with Crippen LogP contribution in [0.4, 0.5) is 0 Å². The van der Waals surface area contributed by atoms with E-state index < -0.39 is 0 Å². The molecule has 1 fully saturated rings. The molecule has 0 bridgehead atoms. The largest absolute Gasteiger partial charge is 0.120 e. The highest BCUT2D eigenvalue weighted by Crippen LogP contribution is 2.58. The van der Waals surface area contributed by atoms with Crippen LogP contribution in [0.25, 0.3) is 0 Å². The molecule has 0 amide bonds. The molecule has 0 unspecified atom stereocenters. The molecule has 64 valence electrons. The normalized spacial score (nSPS) is 25.3. The van der Waals surface area contributed by atoms with Gasteiger partial charge in [0.15, 0.2) is 0 Å². The molecule has 1 saturated carbocycles. The number of alkyl halides is 2. The highest BCUT2D eigenvalue weighted by atomic mass is 79.9. The Hall–Kier alpha value is 0.530. The summed E-state index contributed by atoms with van der Waals surface area (Å²) in [6, 6.07) is 10.5. The predicted molar refractivity (Wildman–Crippen MR) is 61.3 cm³/mol. The van der Waals surface area contributed by atoms with Crippen molar-refractivity contribution < 1.29 is 0 Å². The summed E-state index contributed by atoms with van der Waals surface area (Å²) in [7, 11) is 0. The molecule has 0 aliphatic heterocycles. The number of rotatable bonds is 2. The summed E-state index contributed by atoms with van der Waals surface area (Å²) in [6.07, 6.45) is 1.20. The minimum Gasteiger partial charge on any atom is -0.120 e. The SMILES string of the molecule is BrC1(Br)C[C@@H]1Sc1ccccc1. The van der Waals surface area contributed by atoms with E-state index in [4.69, 9.17) is 0 Å². The van der Waals surface area contributed by atoms with Gasteiger partial charge in [0, 0.05) is 10.1 Å². The number of hydrogen-bond acceptors (Lipinski definition) is 1. The van der Waals surface area contributed by atoms with Gasteiger partial charge in [-0.25, -0.2) is 0 Å². The van der Waals surface area contributed by atoms with E-state index in [0.717, 1.165) is 0 Å². The van der Waals surface area contributed by atoms with Gasteiger partial charge in [-0.1, -0.05) is 50.1 Å². The van der Waals surface area contributed by atoms with Crippen LogP contribution in [0.2, 0.25) is 0 Å². The summed E-state index contributed by atoms with van der Waals surface area (Å²) in [6.45, 7) is 0. The Morgan fingerprint density at radius 3 is 2.33 bits per heavy atom. The quantitative estimate of drug-likeness (QED) is 0.743. The average molecular weight is 308 g/mol. The van der Waals surface area contributed by atoms with Crippen molar-refractivity contribution >= 4 is 43.6 Å². The number of thioether (sulfide) groups is 1. The summed E-state index contributed by atoms with van der Waals surface area (Å²) in [5, 5.41) is 0.680. The zero-order valence-corrected chi connectivity index (χ0v) is 10.3. The zero-order chi connectivity index (χ0) is 8.60. The van der Waals surface area contributed by atoms with Crippen molar-refractivity contribution in [3.63, 3.8) is 0 Å². The van der Waals surface area contributed by atoms with Crippen molar-refractivity contribution in [2.45, 2.75) is 19.8 Å². The van der Waals surface area contributed by atoms with E-state index in [9.17, 15) is 0 Å². The molecule has 0 N–H and O–H groups in total. The lowest BCUT2D eigenvalue weighted by Crippen LogP contribution is -1.87. The van der Waals surface area contributed by atoms with Gasteiger partial charge >= 0.3 is 0 Å². The standard InChI is InChI=1S/C9H8Br2S/c10-9(11)6-8(9)12-7-4-2-1-3-5-7/h1-5,8H,6H2/t8-/m0/s1. The Balaban J connectivity index is 1.98. The second-order valence-electron chi connectivity index (χ2n) is 2.88. The van der Waals surface area contributed by atoms with Crippen molar-refractivity contribution in [2.24, 2.45) is 0 Å². The van der Waals surface area contributed by atoms with Gasteiger partial charge in [-0.2, -0.15) is 0 Å². The summed E-state index contributed by atoms with van der Waals surface area (Å²) < 4.78 is 0.209. The van der Waals surface area contributed by atoms with E-state index in [0.29, 0.717) is 5.25 Å². The molecule has 0 nitrogen and oxygen atoms in total. The third-order valence-corrected chi connectivity index (χ3v) is 5.55. The summed E-state index contributed by atoms with van der Waals surface area (Å²) in [5.41, 5.74) is 0. The molecule has 0 aromatic heterocycles. The third-order valence-electron chi connectivity index (χ3n) is 1.79. The van der Waals surface area contributed by atoms with Gasteiger partial charge < -0.3 is 0 Å². The smallest absolute Gasteiger partial charge is 0.0939 e. The van der Waals surface area contributed by atoms with Crippen LogP contribution in [-0.2, 0) is 0 Å². The first kappa shape index (κ1) is 9.10. The molecule has 1 atom stereocenters. The Bertz CT molecular complexity index is 271. The third kappa shape index (κ3) is 2.06.